The van der Waals surface area contributed by atoms with Gasteiger partial charge in [0.2, 0.25) is 11.9 Å². The second-order valence-corrected chi connectivity index (χ2v) is 8.70. The average Bonchev–Trinajstić information content (AvgIpc) is 3.20. The second kappa shape index (κ2) is 7.65. The SMILES string of the molecule is Cc1nn(C)c(C)c1CCC(=O)N1[C@H]2CC[C@H]1c1cnc(N3CCOCC3)nc1C2. The lowest BCUT2D eigenvalue weighted by atomic mass is 9.98. The summed E-state index contributed by atoms with van der Waals surface area (Å²) < 4.78 is 7.34. The Morgan fingerprint density at radius 3 is 2.77 bits per heavy atom. The second-order valence-electron chi connectivity index (χ2n) is 8.70. The van der Waals surface area contributed by atoms with E-state index in [0.29, 0.717) is 6.42 Å². The predicted octanol–water partition coefficient (Wildman–Crippen LogP) is 1.88. The Morgan fingerprint density at radius 2 is 2.03 bits per heavy atom. The third kappa shape index (κ3) is 3.27. The topological polar surface area (TPSA) is 76.4 Å². The summed E-state index contributed by atoms with van der Waals surface area (Å²) in [5.41, 5.74) is 5.65. The molecule has 2 aromatic heterocycles. The first-order valence-electron chi connectivity index (χ1n) is 11.0. The summed E-state index contributed by atoms with van der Waals surface area (Å²) in [6, 6.07) is 0.389. The van der Waals surface area contributed by atoms with Crippen LogP contribution in [0.5, 0.6) is 0 Å². The maximum atomic E-state index is 13.2. The number of anilines is 1. The van der Waals surface area contributed by atoms with Crippen LogP contribution in [-0.2, 0) is 29.4 Å². The Balaban J connectivity index is 1.32. The number of rotatable bonds is 4. The normalized spacial score (nSPS) is 23.0. The number of carbonyl (C=O) groups is 1. The van der Waals surface area contributed by atoms with Crippen molar-refractivity contribution in [1.29, 1.82) is 0 Å². The molecule has 0 aliphatic carbocycles. The van der Waals surface area contributed by atoms with E-state index in [9.17, 15) is 4.79 Å². The smallest absolute Gasteiger partial charge is 0.225 e. The Hall–Kier alpha value is -2.48. The number of ether oxygens (including phenoxy) is 1. The quantitative estimate of drug-likeness (QED) is 0.766. The molecule has 2 atom stereocenters. The van der Waals surface area contributed by atoms with Gasteiger partial charge < -0.3 is 14.5 Å². The van der Waals surface area contributed by atoms with E-state index in [2.05, 4.69) is 26.8 Å². The van der Waals surface area contributed by atoms with Crippen LogP contribution < -0.4 is 4.90 Å². The molecular weight excluding hydrogens is 380 g/mol. The van der Waals surface area contributed by atoms with Crippen LogP contribution in [0.1, 0.15) is 53.5 Å². The Labute approximate surface area is 177 Å². The molecule has 0 radical (unpaired) electrons. The number of morpholine rings is 1. The lowest BCUT2D eigenvalue weighted by Crippen LogP contribution is -2.43. The Bertz CT molecular complexity index is 965. The van der Waals surface area contributed by atoms with Crippen LogP contribution in [0, 0.1) is 13.8 Å². The van der Waals surface area contributed by atoms with Crippen molar-refractivity contribution in [3.63, 3.8) is 0 Å². The van der Waals surface area contributed by atoms with E-state index in [1.165, 1.54) is 5.56 Å². The molecule has 3 aliphatic rings. The number of amides is 1. The molecule has 0 aromatic carbocycles. The number of nitrogens with zero attached hydrogens (tertiary/aromatic N) is 6. The van der Waals surface area contributed by atoms with Crippen LogP contribution in [0.2, 0.25) is 0 Å². The van der Waals surface area contributed by atoms with Gasteiger partial charge in [-0.15, -0.1) is 0 Å². The summed E-state index contributed by atoms with van der Waals surface area (Å²) in [5.74, 6) is 1.05. The lowest BCUT2D eigenvalue weighted by Gasteiger charge is -2.36. The van der Waals surface area contributed by atoms with Gasteiger partial charge in [0.1, 0.15) is 0 Å². The molecule has 0 N–H and O–H groups in total. The van der Waals surface area contributed by atoms with Gasteiger partial charge in [0.25, 0.3) is 0 Å². The molecule has 0 spiro atoms. The van der Waals surface area contributed by atoms with Crippen LogP contribution in [0.15, 0.2) is 6.20 Å². The summed E-state index contributed by atoms with van der Waals surface area (Å²) in [6.45, 7) is 7.22. The Kier molecular flexibility index (Phi) is 4.97. The van der Waals surface area contributed by atoms with Crippen molar-refractivity contribution in [2.45, 2.75) is 58.0 Å². The van der Waals surface area contributed by atoms with Crippen molar-refractivity contribution in [3.8, 4) is 0 Å². The van der Waals surface area contributed by atoms with Crippen molar-refractivity contribution < 1.29 is 9.53 Å². The fraction of sp³-hybridized carbons (Fsp3) is 0.636. The molecular formula is C22H30N6O2. The summed E-state index contributed by atoms with van der Waals surface area (Å²) in [6.07, 6.45) is 6.14. The van der Waals surface area contributed by atoms with E-state index in [0.717, 1.165) is 80.6 Å². The van der Waals surface area contributed by atoms with Gasteiger partial charge in [0.15, 0.2) is 0 Å². The molecule has 2 aromatic rings. The summed E-state index contributed by atoms with van der Waals surface area (Å²) in [5, 5.41) is 4.48. The van der Waals surface area contributed by atoms with Crippen LogP contribution >= 0.6 is 0 Å². The van der Waals surface area contributed by atoms with Crippen LogP contribution in [0.25, 0.3) is 0 Å². The molecule has 0 unspecified atom stereocenters. The lowest BCUT2D eigenvalue weighted by molar-refractivity contribution is -0.134. The standard InChI is InChI=1S/C22H30N6O2/c1-14-17(15(2)26(3)25-14)5-7-21(29)28-16-4-6-20(28)18-13-23-22(24-19(18)12-16)27-8-10-30-11-9-27/h13,16,20H,4-12H2,1-3H3/t16-,20-/m0/s1. The van der Waals surface area contributed by atoms with E-state index in [1.54, 1.807) is 0 Å². The summed E-state index contributed by atoms with van der Waals surface area (Å²) in [7, 11) is 1.96. The van der Waals surface area contributed by atoms with Crippen molar-refractivity contribution in [1.82, 2.24) is 24.6 Å². The van der Waals surface area contributed by atoms with Crippen LogP contribution in [-0.4, -0.2) is 62.9 Å². The van der Waals surface area contributed by atoms with Crippen molar-refractivity contribution in [2.75, 3.05) is 31.2 Å². The highest BCUT2D eigenvalue weighted by Gasteiger charge is 2.43. The molecule has 30 heavy (non-hydrogen) atoms. The van der Waals surface area contributed by atoms with Crippen LogP contribution in [0.3, 0.4) is 0 Å². The van der Waals surface area contributed by atoms with E-state index >= 15 is 0 Å². The number of fused-ring (bicyclic) bond motifs is 4. The molecule has 2 bridgehead atoms. The molecule has 3 aliphatic heterocycles. The fourth-order valence-corrected chi connectivity index (χ4v) is 5.30. The average molecular weight is 411 g/mol. The highest BCUT2D eigenvalue weighted by molar-refractivity contribution is 5.78. The largest absolute Gasteiger partial charge is 0.378 e. The zero-order valence-corrected chi connectivity index (χ0v) is 18.1. The first-order chi connectivity index (χ1) is 14.5. The van der Waals surface area contributed by atoms with Gasteiger partial charge >= 0.3 is 0 Å². The minimum atomic E-state index is 0.126. The molecule has 160 valence electrons. The van der Waals surface area contributed by atoms with Crippen LogP contribution in [0.4, 0.5) is 5.95 Å². The first kappa shape index (κ1) is 19.5. The number of aryl methyl sites for hydroxylation is 2. The highest BCUT2D eigenvalue weighted by Crippen LogP contribution is 2.43. The number of hydrogen-bond acceptors (Lipinski definition) is 6. The molecule has 8 heteroatoms. The van der Waals surface area contributed by atoms with Crippen molar-refractivity contribution in [2.24, 2.45) is 7.05 Å². The zero-order valence-electron chi connectivity index (χ0n) is 18.1. The molecule has 0 saturated carbocycles. The minimum Gasteiger partial charge on any atom is -0.378 e. The predicted molar refractivity (Wildman–Crippen MR) is 112 cm³/mol. The third-order valence-corrected chi connectivity index (χ3v) is 7.01. The number of carbonyl (C=O) groups excluding carboxylic acids is 1. The minimum absolute atomic E-state index is 0.126. The van der Waals surface area contributed by atoms with E-state index in [4.69, 9.17) is 9.72 Å². The van der Waals surface area contributed by atoms with Gasteiger partial charge in [-0.25, -0.2) is 9.97 Å². The third-order valence-electron chi connectivity index (χ3n) is 7.01. The number of aromatic nitrogens is 4. The maximum Gasteiger partial charge on any atom is 0.225 e. The first-order valence-corrected chi connectivity index (χ1v) is 11.0. The molecule has 5 heterocycles. The summed E-state index contributed by atoms with van der Waals surface area (Å²) in [4.78, 5) is 27.1. The fourth-order valence-electron chi connectivity index (χ4n) is 5.30. The highest BCUT2D eigenvalue weighted by atomic mass is 16.5. The van der Waals surface area contributed by atoms with Gasteiger partial charge in [-0.2, -0.15) is 5.10 Å². The van der Waals surface area contributed by atoms with Crippen molar-refractivity contribution >= 4 is 11.9 Å². The molecule has 5 rings (SSSR count). The molecule has 1 amide bonds. The van der Waals surface area contributed by atoms with E-state index in [-0.39, 0.29) is 18.0 Å². The molecule has 2 fully saturated rings. The van der Waals surface area contributed by atoms with E-state index in [1.807, 2.05) is 24.9 Å². The van der Waals surface area contributed by atoms with Gasteiger partial charge in [-0.3, -0.25) is 9.48 Å². The molecule has 2 saturated heterocycles. The van der Waals surface area contributed by atoms with Crippen molar-refractivity contribution in [3.05, 3.63) is 34.4 Å². The zero-order chi connectivity index (χ0) is 20.8. The van der Waals surface area contributed by atoms with Gasteiger partial charge in [0, 0.05) is 56.5 Å². The maximum absolute atomic E-state index is 13.2. The Morgan fingerprint density at radius 1 is 1.23 bits per heavy atom. The molecule has 8 nitrogen and oxygen atoms in total. The summed E-state index contributed by atoms with van der Waals surface area (Å²) >= 11 is 0. The van der Waals surface area contributed by atoms with Gasteiger partial charge in [-0.1, -0.05) is 0 Å². The monoisotopic (exact) mass is 410 g/mol. The van der Waals surface area contributed by atoms with E-state index < -0.39 is 0 Å². The van der Waals surface area contributed by atoms with Gasteiger partial charge in [0.05, 0.1) is 30.6 Å². The number of hydrogen-bond donors (Lipinski definition) is 0. The van der Waals surface area contributed by atoms with Gasteiger partial charge in [-0.05, 0) is 38.7 Å².